The minimum absolute atomic E-state index is 0.350. The van der Waals surface area contributed by atoms with Crippen LogP contribution < -0.4 is 16.7 Å². The number of rotatable bonds is 7. The van der Waals surface area contributed by atoms with Gasteiger partial charge in [0.2, 0.25) is 0 Å². The molecular formula is C9H22N4O. The number of nitrogens with one attached hydrogen (secondary N) is 2. The highest BCUT2D eigenvalue weighted by molar-refractivity contribution is 5.72. The molecule has 5 nitrogen and oxygen atoms in total. The first-order valence-electron chi connectivity index (χ1n) is 5.26. The van der Waals surface area contributed by atoms with E-state index in [1.807, 2.05) is 5.01 Å². The summed E-state index contributed by atoms with van der Waals surface area (Å²) in [7, 11) is 0. The van der Waals surface area contributed by atoms with Gasteiger partial charge in [0.25, 0.3) is 0 Å². The molecule has 0 saturated carbocycles. The van der Waals surface area contributed by atoms with Crippen LogP contribution in [0.2, 0.25) is 0 Å². The van der Waals surface area contributed by atoms with Crippen LogP contribution in [0.25, 0.3) is 0 Å². The number of urea groups is 1. The summed E-state index contributed by atoms with van der Waals surface area (Å²) >= 11 is 0. The number of amides is 2. The van der Waals surface area contributed by atoms with E-state index in [2.05, 4.69) is 24.7 Å². The van der Waals surface area contributed by atoms with Crippen LogP contribution in [0.4, 0.5) is 4.79 Å². The molecule has 0 fully saturated rings. The first kappa shape index (κ1) is 13.2. The van der Waals surface area contributed by atoms with Crippen molar-refractivity contribution in [3.8, 4) is 0 Å². The maximum absolute atomic E-state index is 11.0. The zero-order valence-corrected chi connectivity index (χ0v) is 9.18. The van der Waals surface area contributed by atoms with Crippen molar-refractivity contribution in [3.63, 3.8) is 0 Å². The summed E-state index contributed by atoms with van der Waals surface area (Å²) in [4.78, 5) is 11.0. The molecule has 0 spiro atoms. The lowest BCUT2D eigenvalue weighted by Crippen LogP contribution is -2.50. The van der Waals surface area contributed by atoms with Gasteiger partial charge in [0, 0.05) is 13.1 Å². The Hall–Kier alpha value is -0.810. The first-order valence-corrected chi connectivity index (χ1v) is 5.26. The Morgan fingerprint density at radius 3 is 2.07 bits per heavy atom. The number of carbonyl (C=O) groups excluding carboxylic acids is 1. The number of nitrogens with two attached hydrogens (primary N) is 1. The third-order valence-corrected chi connectivity index (χ3v) is 1.95. The summed E-state index contributed by atoms with van der Waals surface area (Å²) in [5, 5.41) is 1.91. The summed E-state index contributed by atoms with van der Waals surface area (Å²) < 4.78 is 0. The lowest BCUT2D eigenvalue weighted by molar-refractivity contribution is 0.173. The Kier molecular flexibility index (Phi) is 8.27. The van der Waals surface area contributed by atoms with E-state index in [4.69, 9.17) is 5.84 Å². The van der Waals surface area contributed by atoms with E-state index in [0.29, 0.717) is 0 Å². The molecule has 0 radical (unpaired) electrons. The van der Waals surface area contributed by atoms with Crippen LogP contribution >= 0.6 is 0 Å². The molecule has 0 aromatic carbocycles. The van der Waals surface area contributed by atoms with Crippen LogP contribution in [-0.2, 0) is 0 Å². The quantitative estimate of drug-likeness (QED) is 0.327. The molecule has 5 heteroatoms. The van der Waals surface area contributed by atoms with E-state index in [1.54, 1.807) is 0 Å². The topological polar surface area (TPSA) is 70.4 Å². The Labute approximate surface area is 86.0 Å². The van der Waals surface area contributed by atoms with Gasteiger partial charge >= 0.3 is 6.03 Å². The summed E-state index contributed by atoms with van der Waals surface area (Å²) in [5.41, 5.74) is 4.75. The molecule has 0 aliphatic rings. The molecule has 0 unspecified atom stereocenters. The van der Waals surface area contributed by atoms with Gasteiger partial charge in [0.15, 0.2) is 0 Å². The Morgan fingerprint density at radius 1 is 1.21 bits per heavy atom. The molecular weight excluding hydrogens is 180 g/mol. The van der Waals surface area contributed by atoms with Crippen molar-refractivity contribution in [2.24, 2.45) is 5.84 Å². The zero-order valence-electron chi connectivity index (χ0n) is 9.18. The molecule has 0 rings (SSSR count). The van der Waals surface area contributed by atoms with Gasteiger partial charge in [-0.15, -0.1) is 0 Å². The molecule has 0 aromatic rings. The van der Waals surface area contributed by atoms with Crippen LogP contribution in [0, 0.1) is 0 Å². The van der Waals surface area contributed by atoms with Crippen molar-refractivity contribution < 1.29 is 4.79 Å². The highest BCUT2D eigenvalue weighted by atomic mass is 16.2. The second-order valence-electron chi connectivity index (χ2n) is 3.28. The van der Waals surface area contributed by atoms with E-state index in [0.717, 1.165) is 38.8 Å². The van der Waals surface area contributed by atoms with Gasteiger partial charge in [-0.05, 0) is 12.8 Å². The predicted molar refractivity (Wildman–Crippen MR) is 57.2 cm³/mol. The Balaban J connectivity index is 3.77. The molecule has 4 N–H and O–H groups in total. The van der Waals surface area contributed by atoms with Gasteiger partial charge in [-0.2, -0.15) is 0 Å². The number of unbranched alkanes of at least 4 members (excludes halogenated alkanes) is 2. The third-order valence-electron chi connectivity index (χ3n) is 1.95. The highest BCUT2D eigenvalue weighted by Gasteiger charge is 2.06. The van der Waals surface area contributed by atoms with Crippen molar-refractivity contribution in [1.82, 2.24) is 15.9 Å². The van der Waals surface area contributed by atoms with Crippen molar-refractivity contribution in [3.05, 3.63) is 0 Å². The van der Waals surface area contributed by atoms with Crippen LogP contribution in [-0.4, -0.2) is 24.1 Å². The van der Waals surface area contributed by atoms with E-state index in [9.17, 15) is 4.79 Å². The SMILES string of the molecule is CCCCN(CCCC)NC(=O)NN. The minimum Gasteiger partial charge on any atom is -0.275 e. The largest absolute Gasteiger partial charge is 0.343 e. The normalized spacial score (nSPS) is 10.3. The number of hydrazine groups is 2. The summed E-state index contributed by atoms with van der Waals surface area (Å²) in [5.74, 6) is 4.99. The van der Waals surface area contributed by atoms with E-state index < -0.39 is 0 Å². The lowest BCUT2D eigenvalue weighted by Gasteiger charge is -2.22. The smallest absolute Gasteiger partial charge is 0.275 e. The molecule has 0 aliphatic heterocycles. The van der Waals surface area contributed by atoms with E-state index >= 15 is 0 Å². The molecule has 0 bridgehead atoms. The number of nitrogens with zero attached hydrogens (tertiary/aromatic N) is 1. The third kappa shape index (κ3) is 6.68. The van der Waals surface area contributed by atoms with Crippen LogP contribution in [0.3, 0.4) is 0 Å². The Morgan fingerprint density at radius 2 is 1.71 bits per heavy atom. The molecule has 14 heavy (non-hydrogen) atoms. The molecule has 0 atom stereocenters. The average molecular weight is 202 g/mol. The molecule has 0 heterocycles. The fourth-order valence-corrected chi connectivity index (χ4v) is 1.10. The van der Waals surface area contributed by atoms with Crippen molar-refractivity contribution in [1.29, 1.82) is 0 Å². The maximum Gasteiger partial charge on any atom is 0.343 e. The molecule has 0 aliphatic carbocycles. The van der Waals surface area contributed by atoms with Gasteiger partial charge in [-0.25, -0.2) is 15.6 Å². The Bertz CT molecular complexity index is 144. The van der Waals surface area contributed by atoms with E-state index in [-0.39, 0.29) is 6.03 Å². The fourth-order valence-electron chi connectivity index (χ4n) is 1.10. The van der Waals surface area contributed by atoms with Crippen molar-refractivity contribution >= 4 is 6.03 Å². The van der Waals surface area contributed by atoms with Gasteiger partial charge in [0.1, 0.15) is 0 Å². The van der Waals surface area contributed by atoms with Gasteiger partial charge in [0.05, 0.1) is 0 Å². The van der Waals surface area contributed by atoms with Gasteiger partial charge < -0.3 is 0 Å². The van der Waals surface area contributed by atoms with Gasteiger partial charge in [-0.3, -0.25) is 10.9 Å². The average Bonchev–Trinajstić information content (AvgIpc) is 2.21. The van der Waals surface area contributed by atoms with E-state index in [1.165, 1.54) is 0 Å². The van der Waals surface area contributed by atoms with Crippen LogP contribution in [0.15, 0.2) is 0 Å². The summed E-state index contributed by atoms with van der Waals surface area (Å²) in [6, 6.07) is -0.350. The monoisotopic (exact) mass is 202 g/mol. The summed E-state index contributed by atoms with van der Waals surface area (Å²) in [6.45, 7) is 6.01. The first-order chi connectivity index (χ1) is 6.74. The predicted octanol–water partition coefficient (Wildman–Crippen LogP) is 0.977. The van der Waals surface area contributed by atoms with Crippen LogP contribution in [0.1, 0.15) is 39.5 Å². The molecule has 2 amide bonds. The van der Waals surface area contributed by atoms with Crippen LogP contribution in [0.5, 0.6) is 0 Å². The second-order valence-corrected chi connectivity index (χ2v) is 3.28. The molecule has 0 saturated heterocycles. The van der Waals surface area contributed by atoms with Crippen molar-refractivity contribution in [2.45, 2.75) is 39.5 Å². The number of carbonyl (C=O) groups is 1. The zero-order chi connectivity index (χ0) is 10.8. The standard InChI is InChI=1S/C9H22N4O/c1-3-5-7-13(8-6-4-2)12-9(14)11-10/h3-8,10H2,1-2H3,(H2,11,12,14). The second kappa shape index (κ2) is 8.77. The van der Waals surface area contributed by atoms with Gasteiger partial charge in [-0.1, -0.05) is 26.7 Å². The summed E-state index contributed by atoms with van der Waals surface area (Å²) in [6.07, 6.45) is 4.40. The molecule has 0 aromatic heterocycles. The lowest BCUT2D eigenvalue weighted by atomic mass is 10.3. The number of hydrogen-bond acceptors (Lipinski definition) is 3. The fraction of sp³-hybridized carbons (Fsp3) is 0.889. The number of hydrogen-bond donors (Lipinski definition) is 3. The minimum atomic E-state index is -0.350. The highest BCUT2D eigenvalue weighted by Crippen LogP contribution is 1.95. The molecule has 84 valence electrons. The van der Waals surface area contributed by atoms with Crippen molar-refractivity contribution in [2.75, 3.05) is 13.1 Å². The maximum atomic E-state index is 11.0.